The third-order valence-electron chi connectivity index (χ3n) is 13.3. The van der Waals surface area contributed by atoms with Crippen LogP contribution in [0.4, 0.5) is 29.6 Å². The van der Waals surface area contributed by atoms with E-state index in [9.17, 15) is 32.3 Å². The van der Waals surface area contributed by atoms with Crippen LogP contribution in [0.15, 0.2) is 110 Å². The van der Waals surface area contributed by atoms with Crippen LogP contribution < -0.4 is 22.1 Å². The minimum atomic E-state index is -4.91. The maximum absolute atomic E-state index is 13.1. The van der Waals surface area contributed by atoms with Gasteiger partial charge in [0.15, 0.2) is 22.9 Å². The number of anilines is 2. The van der Waals surface area contributed by atoms with Gasteiger partial charge in [-0.2, -0.15) is 23.4 Å². The van der Waals surface area contributed by atoms with Gasteiger partial charge in [-0.25, -0.2) is 34.1 Å². The summed E-state index contributed by atoms with van der Waals surface area (Å²) in [6, 6.07) is 30.2. The van der Waals surface area contributed by atoms with Crippen molar-refractivity contribution in [1.29, 1.82) is 0 Å². The normalized spacial score (nSPS) is 11.8. The number of aromatic nitrogens is 8. The van der Waals surface area contributed by atoms with Crippen LogP contribution in [0.5, 0.6) is 0 Å². The lowest BCUT2D eigenvalue weighted by Crippen LogP contribution is -2.37. The smallest absolute Gasteiger partial charge is 0.444 e. The van der Waals surface area contributed by atoms with Gasteiger partial charge < -0.3 is 26.8 Å². The minimum absolute atomic E-state index is 0.0517. The number of amides is 2. The first kappa shape index (κ1) is 63.2. The summed E-state index contributed by atoms with van der Waals surface area (Å²) in [5.41, 5.74) is 20.5. The molecule has 4 aromatic heterocycles. The number of alkyl carbamates (subject to hydrolysis) is 1. The van der Waals surface area contributed by atoms with Gasteiger partial charge >= 0.3 is 18.2 Å². The summed E-state index contributed by atoms with van der Waals surface area (Å²) in [7, 11) is 0. The number of nitrogen functional groups attached to an aromatic ring is 2. The number of fused-ring (bicyclic) bond motifs is 2. The van der Waals surface area contributed by atoms with Crippen molar-refractivity contribution in [3.8, 4) is 22.5 Å². The third kappa shape index (κ3) is 16.8. The number of alkyl halides is 5. The number of hydrogen-bond acceptors (Lipinski definition) is 13. The van der Waals surface area contributed by atoms with Crippen molar-refractivity contribution in [3.05, 3.63) is 143 Å². The maximum Gasteiger partial charge on any atom is 0.471 e. The number of ketones is 2. The van der Waals surface area contributed by atoms with Crippen molar-refractivity contribution in [2.45, 2.75) is 124 Å². The second-order valence-electron chi connectivity index (χ2n) is 21.8. The molecule has 0 radical (unpaired) electrons. The Balaban J connectivity index is 0.000000252. The molecule has 0 atom stereocenters. The Morgan fingerprint density at radius 1 is 0.561 bits per heavy atom. The molecule has 0 saturated carbocycles. The molecule has 0 unspecified atom stereocenters. The number of nitrogens with two attached hydrogens (primary N) is 2. The average molecular weight is 1170 g/mol. The van der Waals surface area contributed by atoms with E-state index in [4.69, 9.17) is 49.6 Å². The highest BCUT2D eigenvalue weighted by Crippen LogP contribution is 2.37. The van der Waals surface area contributed by atoms with E-state index in [1.54, 1.807) is 28.9 Å². The number of nitrogens with one attached hydrogen (secondary N) is 2. The second-order valence-corrected chi connectivity index (χ2v) is 22.6. The molecule has 6 N–H and O–H groups in total. The van der Waals surface area contributed by atoms with Crippen LogP contribution >= 0.6 is 23.2 Å². The molecule has 0 saturated heterocycles. The standard InChI is InChI=1S/C31H38N6O3.C28H29F3N6O2.CH2Cl2/c1-20-7-11-23(12-8-20)26-25-27(32)34-19-35-28(25)37(36-26)31(5,6)17-15-24(38)22-13-9-21(10-14-22)16-18-33-29(39)40-30(2,3)4;1-17-4-8-20(9-5-17)23-22-24(32)34-16-35-25(22)37(36-23)27(2,3)14-12-21(38)19-10-6-18(7-11-19)13-15-33-26(39)28(29,30)31;2-1-3/h7-14,19H,15-18H2,1-6H3,(H,33,39)(H2,32,34,35);4-11,16H,12-15H2,1-3H3,(H,33,39)(H2,32,34,35);1H2. The van der Waals surface area contributed by atoms with Crippen molar-refractivity contribution >= 4 is 80.5 Å². The molecule has 8 aromatic rings. The molecule has 0 spiro atoms. The van der Waals surface area contributed by atoms with Crippen LogP contribution in [0.25, 0.3) is 44.6 Å². The number of ether oxygens (including phenoxy) is 1. The number of hydrogen-bond donors (Lipinski definition) is 4. The number of rotatable bonds is 18. The highest BCUT2D eigenvalue weighted by atomic mass is 35.5. The van der Waals surface area contributed by atoms with Gasteiger partial charge in [-0.1, -0.05) is 108 Å². The van der Waals surface area contributed by atoms with E-state index in [0.717, 1.165) is 33.5 Å². The highest BCUT2D eigenvalue weighted by molar-refractivity contribution is 6.40. The monoisotopic (exact) mass is 1160 g/mol. The average Bonchev–Trinajstić information content (AvgIpc) is 4.08. The minimum Gasteiger partial charge on any atom is -0.444 e. The summed E-state index contributed by atoms with van der Waals surface area (Å²) in [5.74, 6) is -1.30. The molecular weight excluding hydrogens is 1100 g/mol. The first-order valence-corrected chi connectivity index (χ1v) is 27.5. The van der Waals surface area contributed by atoms with E-state index in [1.807, 2.05) is 145 Å². The Hall–Kier alpha value is -7.97. The summed E-state index contributed by atoms with van der Waals surface area (Å²) in [4.78, 5) is 66.1. The van der Waals surface area contributed by atoms with Crippen molar-refractivity contribution in [2.24, 2.45) is 0 Å². The van der Waals surface area contributed by atoms with Crippen molar-refractivity contribution < 1.29 is 37.1 Å². The van der Waals surface area contributed by atoms with Crippen LogP contribution in [-0.4, -0.2) is 93.3 Å². The van der Waals surface area contributed by atoms with E-state index in [0.29, 0.717) is 88.3 Å². The van der Waals surface area contributed by atoms with Gasteiger partial charge in [-0.3, -0.25) is 14.4 Å². The molecule has 2 amide bonds. The molecule has 82 heavy (non-hydrogen) atoms. The van der Waals surface area contributed by atoms with E-state index in [2.05, 4.69) is 25.3 Å². The molecule has 8 rings (SSSR count). The Kier molecular flexibility index (Phi) is 21.0. The predicted molar refractivity (Wildman–Crippen MR) is 316 cm³/mol. The summed E-state index contributed by atoms with van der Waals surface area (Å²) >= 11 is 9.53. The molecule has 0 aliphatic rings. The first-order chi connectivity index (χ1) is 38.6. The van der Waals surface area contributed by atoms with Gasteiger partial charge in [0.25, 0.3) is 0 Å². The van der Waals surface area contributed by atoms with Crippen LogP contribution in [0.1, 0.15) is 117 Å². The molecule has 4 aromatic carbocycles. The van der Waals surface area contributed by atoms with E-state index < -0.39 is 34.9 Å². The highest BCUT2D eigenvalue weighted by Gasteiger charge is 2.38. The molecule has 4 heterocycles. The number of carbonyl (C=O) groups excluding carboxylic acids is 4. The van der Waals surface area contributed by atoms with Gasteiger partial charge in [0, 0.05) is 48.2 Å². The van der Waals surface area contributed by atoms with Gasteiger partial charge in [-0.05, 0) is 99.1 Å². The summed E-state index contributed by atoms with van der Waals surface area (Å²) in [5, 5.41) is 15.9. The van der Waals surface area contributed by atoms with Crippen LogP contribution in [0.2, 0.25) is 0 Å². The lowest BCUT2D eigenvalue weighted by atomic mass is 9.94. The van der Waals surface area contributed by atoms with Gasteiger partial charge in [0.05, 0.1) is 27.2 Å². The van der Waals surface area contributed by atoms with Gasteiger partial charge in [-0.15, -0.1) is 23.2 Å². The Morgan fingerprint density at radius 3 is 1.28 bits per heavy atom. The zero-order valence-electron chi connectivity index (χ0n) is 47.4. The number of benzene rings is 4. The summed E-state index contributed by atoms with van der Waals surface area (Å²) in [6.07, 6.45) is -0.0599. The predicted octanol–water partition coefficient (Wildman–Crippen LogP) is 12.3. The zero-order chi connectivity index (χ0) is 60.2. The number of halogens is 5. The molecule has 0 aliphatic carbocycles. The maximum atomic E-state index is 13.1. The van der Waals surface area contributed by atoms with E-state index >= 15 is 0 Å². The lowest BCUT2D eigenvalue weighted by molar-refractivity contribution is -0.173. The van der Waals surface area contributed by atoms with Crippen LogP contribution in [-0.2, 0) is 33.5 Å². The van der Waals surface area contributed by atoms with Crippen LogP contribution in [0.3, 0.4) is 0 Å². The molecule has 0 fully saturated rings. The number of Topliss-reactive ketones (excluding diaryl/α,β-unsaturated/α-hetero) is 2. The van der Waals surface area contributed by atoms with Gasteiger partial charge in [0.1, 0.15) is 41.3 Å². The summed E-state index contributed by atoms with van der Waals surface area (Å²) < 4.78 is 45.8. The fraction of sp³-hybridized carbons (Fsp3) is 0.367. The van der Waals surface area contributed by atoms with Crippen LogP contribution in [0, 0.1) is 13.8 Å². The fourth-order valence-corrected chi connectivity index (χ4v) is 8.72. The molecule has 434 valence electrons. The Morgan fingerprint density at radius 2 is 0.927 bits per heavy atom. The molecule has 0 aliphatic heterocycles. The molecule has 0 bridgehead atoms. The quantitative estimate of drug-likeness (QED) is 0.0462. The topological polar surface area (TPSA) is 241 Å². The largest absolute Gasteiger partial charge is 0.471 e. The lowest BCUT2D eigenvalue weighted by Gasteiger charge is -2.25. The zero-order valence-corrected chi connectivity index (χ0v) is 48.9. The van der Waals surface area contributed by atoms with Crippen molar-refractivity contribution in [3.63, 3.8) is 0 Å². The van der Waals surface area contributed by atoms with Crippen molar-refractivity contribution in [2.75, 3.05) is 29.9 Å². The first-order valence-electron chi connectivity index (χ1n) is 26.4. The Bertz CT molecular complexity index is 3490. The summed E-state index contributed by atoms with van der Waals surface area (Å²) in [6.45, 7) is 17.9. The Labute approximate surface area is 484 Å². The number of carbonyl (C=O) groups is 4. The fourth-order valence-electron chi connectivity index (χ4n) is 8.72. The van der Waals surface area contributed by atoms with Gasteiger partial charge in [0.2, 0.25) is 0 Å². The third-order valence-corrected chi connectivity index (χ3v) is 13.3. The van der Waals surface area contributed by atoms with Crippen molar-refractivity contribution in [1.82, 2.24) is 50.1 Å². The molecule has 22 heteroatoms. The van der Waals surface area contributed by atoms with E-state index in [-0.39, 0.29) is 36.3 Å². The molecular formula is C60H69Cl2F3N12O5. The number of aryl methyl sites for hydroxylation is 2. The number of nitrogens with zero attached hydrogens (tertiary/aromatic N) is 8. The van der Waals surface area contributed by atoms with E-state index in [1.165, 1.54) is 12.7 Å². The SMILES string of the molecule is Cc1ccc(-c2nn(C(C)(C)CCC(=O)c3ccc(CCNC(=O)C(F)(F)F)cc3)c3ncnc(N)c23)cc1.Cc1ccc(-c2nn(C(C)(C)CCC(=O)c3ccc(CCNC(=O)OC(C)(C)C)cc3)c3ncnc(N)c23)cc1.ClCCl. The second kappa shape index (κ2) is 27.2. The molecule has 17 nitrogen and oxygen atoms in total.